The van der Waals surface area contributed by atoms with Gasteiger partial charge in [0.2, 0.25) is 5.91 Å². The molecule has 26 heavy (non-hydrogen) atoms. The minimum atomic E-state index is -0.305. The maximum atomic E-state index is 13.0. The molecule has 1 saturated carbocycles. The Morgan fingerprint density at radius 1 is 1.08 bits per heavy atom. The molecule has 134 valence electrons. The lowest BCUT2D eigenvalue weighted by Gasteiger charge is -2.22. The molecule has 2 aromatic carbocycles. The minimum absolute atomic E-state index is 0.0557. The van der Waals surface area contributed by atoms with Crippen LogP contribution in [0.25, 0.3) is 0 Å². The highest BCUT2D eigenvalue weighted by Gasteiger charge is 2.24. The maximum absolute atomic E-state index is 13.0. The fourth-order valence-corrected chi connectivity index (χ4v) is 2.64. The molecule has 0 bridgehead atoms. The number of carbonyl (C=O) groups excluding carboxylic acids is 2. The number of rotatable bonds is 7. The first kappa shape index (κ1) is 17.7. The third kappa shape index (κ3) is 4.47. The van der Waals surface area contributed by atoms with Crippen LogP contribution in [0.4, 0.5) is 5.69 Å². The molecular weight excluding hydrogens is 328 g/mol. The van der Waals surface area contributed by atoms with E-state index in [0.29, 0.717) is 29.3 Å². The Balaban J connectivity index is 1.82. The fraction of sp³-hybridized carbons (Fsp3) is 0.250. The number of carbonyl (C=O) groups is 2. The standard InChI is InChI=1S/C20H22N4O2/c21-19(22)15-5-4-6-16(11-15)20(26)24(17-7-2-1-3-8-17)13-18(25)23-12-14-9-10-14/h1-8,11,14H,9-10,12-13H2,(H3,21,22)(H,23,25). The second-order valence-corrected chi connectivity index (χ2v) is 6.47. The smallest absolute Gasteiger partial charge is 0.258 e. The van der Waals surface area contributed by atoms with Crippen molar-refractivity contribution in [3.8, 4) is 0 Å². The van der Waals surface area contributed by atoms with Gasteiger partial charge in [0.05, 0.1) is 0 Å². The van der Waals surface area contributed by atoms with Crippen molar-refractivity contribution in [1.82, 2.24) is 5.32 Å². The highest BCUT2D eigenvalue weighted by atomic mass is 16.2. The first-order chi connectivity index (χ1) is 12.5. The van der Waals surface area contributed by atoms with E-state index in [1.807, 2.05) is 18.2 Å². The fourth-order valence-electron chi connectivity index (χ4n) is 2.64. The number of hydrogen-bond acceptors (Lipinski definition) is 3. The van der Waals surface area contributed by atoms with Crippen LogP contribution in [0, 0.1) is 11.3 Å². The van der Waals surface area contributed by atoms with Crippen LogP contribution in [0.5, 0.6) is 0 Å². The monoisotopic (exact) mass is 350 g/mol. The molecule has 6 heteroatoms. The average Bonchev–Trinajstić information content (AvgIpc) is 3.49. The topological polar surface area (TPSA) is 99.3 Å². The van der Waals surface area contributed by atoms with E-state index in [1.165, 1.54) is 4.90 Å². The van der Waals surface area contributed by atoms with Gasteiger partial charge in [-0.3, -0.25) is 19.9 Å². The molecule has 0 aromatic heterocycles. The lowest BCUT2D eigenvalue weighted by molar-refractivity contribution is -0.119. The summed E-state index contributed by atoms with van der Waals surface area (Å²) in [5.74, 6) is -0.0159. The Hall–Kier alpha value is -3.15. The van der Waals surface area contributed by atoms with Crippen LogP contribution < -0.4 is 16.0 Å². The van der Waals surface area contributed by atoms with Crippen LogP contribution in [0.15, 0.2) is 54.6 Å². The molecule has 6 nitrogen and oxygen atoms in total. The number of nitrogens with one attached hydrogen (secondary N) is 2. The van der Waals surface area contributed by atoms with Gasteiger partial charge in [0.15, 0.2) is 0 Å². The third-order valence-electron chi connectivity index (χ3n) is 4.32. The van der Waals surface area contributed by atoms with Crippen LogP contribution in [0.3, 0.4) is 0 Å². The van der Waals surface area contributed by atoms with E-state index in [9.17, 15) is 9.59 Å². The predicted octanol–water partition coefficient (Wildman–Crippen LogP) is 2.14. The Kier molecular flexibility index (Phi) is 5.31. The number of nitrogens with zero attached hydrogens (tertiary/aromatic N) is 1. The SMILES string of the molecule is N=C(N)c1cccc(C(=O)N(CC(=O)NCC2CC2)c2ccccc2)c1. The Morgan fingerprint density at radius 3 is 2.42 bits per heavy atom. The second kappa shape index (κ2) is 7.82. The molecule has 0 saturated heterocycles. The number of amidine groups is 1. The number of nitrogens with two attached hydrogens (primary N) is 1. The van der Waals surface area contributed by atoms with E-state index in [4.69, 9.17) is 11.1 Å². The van der Waals surface area contributed by atoms with Gasteiger partial charge in [-0.15, -0.1) is 0 Å². The Morgan fingerprint density at radius 2 is 1.77 bits per heavy atom. The molecule has 3 rings (SSSR count). The molecule has 2 aromatic rings. The highest BCUT2D eigenvalue weighted by Crippen LogP contribution is 2.27. The summed E-state index contributed by atoms with van der Waals surface area (Å²) >= 11 is 0. The first-order valence-corrected chi connectivity index (χ1v) is 8.62. The largest absolute Gasteiger partial charge is 0.384 e. The van der Waals surface area contributed by atoms with E-state index >= 15 is 0 Å². The van der Waals surface area contributed by atoms with E-state index in [-0.39, 0.29) is 24.2 Å². The van der Waals surface area contributed by atoms with Crippen LogP contribution in [0.2, 0.25) is 0 Å². The van der Waals surface area contributed by atoms with Crippen molar-refractivity contribution in [2.45, 2.75) is 12.8 Å². The van der Waals surface area contributed by atoms with E-state index in [1.54, 1.807) is 36.4 Å². The molecule has 0 atom stereocenters. The van der Waals surface area contributed by atoms with Gasteiger partial charge in [0, 0.05) is 23.4 Å². The van der Waals surface area contributed by atoms with Gasteiger partial charge in [0.25, 0.3) is 5.91 Å². The van der Waals surface area contributed by atoms with Crippen LogP contribution in [-0.2, 0) is 4.79 Å². The van der Waals surface area contributed by atoms with Crippen LogP contribution in [-0.4, -0.2) is 30.7 Å². The zero-order chi connectivity index (χ0) is 18.5. The van der Waals surface area contributed by atoms with Crippen LogP contribution >= 0.6 is 0 Å². The number of amides is 2. The van der Waals surface area contributed by atoms with Gasteiger partial charge in [-0.2, -0.15) is 0 Å². The molecule has 1 aliphatic rings. The van der Waals surface area contributed by atoms with Crippen molar-refractivity contribution in [2.24, 2.45) is 11.7 Å². The van der Waals surface area contributed by atoms with Crippen molar-refractivity contribution in [3.05, 3.63) is 65.7 Å². The summed E-state index contributed by atoms with van der Waals surface area (Å²) < 4.78 is 0. The lowest BCUT2D eigenvalue weighted by Crippen LogP contribution is -2.41. The molecule has 2 amide bonds. The van der Waals surface area contributed by atoms with Gasteiger partial charge in [0.1, 0.15) is 12.4 Å². The van der Waals surface area contributed by atoms with Crippen molar-refractivity contribution in [2.75, 3.05) is 18.0 Å². The number of nitrogen functional groups attached to an aromatic ring is 1. The molecular formula is C20H22N4O2. The van der Waals surface area contributed by atoms with E-state index in [0.717, 1.165) is 12.8 Å². The van der Waals surface area contributed by atoms with Gasteiger partial charge < -0.3 is 11.1 Å². The van der Waals surface area contributed by atoms with Crippen LogP contribution in [0.1, 0.15) is 28.8 Å². The van der Waals surface area contributed by atoms with E-state index < -0.39 is 0 Å². The zero-order valence-corrected chi connectivity index (χ0v) is 14.4. The van der Waals surface area contributed by atoms with Crippen molar-refractivity contribution in [3.63, 3.8) is 0 Å². The summed E-state index contributed by atoms with van der Waals surface area (Å²) in [5.41, 5.74) is 7.02. The second-order valence-electron chi connectivity index (χ2n) is 6.47. The predicted molar refractivity (Wildman–Crippen MR) is 101 cm³/mol. The zero-order valence-electron chi connectivity index (χ0n) is 14.4. The average molecular weight is 350 g/mol. The molecule has 1 fully saturated rings. The number of hydrogen-bond donors (Lipinski definition) is 3. The molecule has 4 N–H and O–H groups in total. The van der Waals surface area contributed by atoms with Crippen molar-refractivity contribution >= 4 is 23.3 Å². The molecule has 0 spiro atoms. The molecule has 0 radical (unpaired) electrons. The van der Waals surface area contributed by atoms with Crippen molar-refractivity contribution in [1.29, 1.82) is 5.41 Å². The minimum Gasteiger partial charge on any atom is -0.384 e. The van der Waals surface area contributed by atoms with Gasteiger partial charge >= 0.3 is 0 Å². The number of benzene rings is 2. The number of anilines is 1. The molecule has 1 aliphatic carbocycles. The Labute approximate surface area is 152 Å². The van der Waals surface area contributed by atoms with Gasteiger partial charge in [-0.05, 0) is 43.0 Å². The quantitative estimate of drug-likeness (QED) is 0.527. The van der Waals surface area contributed by atoms with Gasteiger partial charge in [-0.25, -0.2) is 0 Å². The summed E-state index contributed by atoms with van der Waals surface area (Å²) in [6.45, 7) is 0.606. The summed E-state index contributed by atoms with van der Waals surface area (Å²) in [6.07, 6.45) is 2.30. The highest BCUT2D eigenvalue weighted by molar-refractivity contribution is 6.10. The molecule has 0 unspecified atom stereocenters. The summed E-state index contributed by atoms with van der Waals surface area (Å²) in [5, 5.41) is 10.4. The Bertz CT molecular complexity index is 816. The number of para-hydroxylation sites is 1. The van der Waals surface area contributed by atoms with Crippen molar-refractivity contribution < 1.29 is 9.59 Å². The summed E-state index contributed by atoms with van der Waals surface area (Å²) in [6, 6.07) is 15.7. The molecule has 0 aliphatic heterocycles. The first-order valence-electron chi connectivity index (χ1n) is 8.62. The third-order valence-corrected chi connectivity index (χ3v) is 4.32. The van der Waals surface area contributed by atoms with E-state index in [2.05, 4.69) is 5.32 Å². The normalized spacial score (nSPS) is 13.1. The van der Waals surface area contributed by atoms with Gasteiger partial charge in [-0.1, -0.05) is 30.3 Å². The lowest BCUT2D eigenvalue weighted by atomic mass is 10.1. The molecule has 0 heterocycles. The maximum Gasteiger partial charge on any atom is 0.258 e. The summed E-state index contributed by atoms with van der Waals surface area (Å²) in [4.78, 5) is 26.8. The summed E-state index contributed by atoms with van der Waals surface area (Å²) in [7, 11) is 0.